The first kappa shape index (κ1) is 17.1. The van der Waals surface area contributed by atoms with Gasteiger partial charge in [-0.25, -0.2) is 0 Å². The molecule has 0 aliphatic rings. The van der Waals surface area contributed by atoms with Gasteiger partial charge in [0.1, 0.15) is 6.04 Å². The molecule has 1 aromatic carbocycles. The second-order valence-corrected chi connectivity index (χ2v) is 5.90. The van der Waals surface area contributed by atoms with Crippen LogP contribution in [0.5, 0.6) is 0 Å². The van der Waals surface area contributed by atoms with Crippen LogP contribution in [-0.2, 0) is 15.0 Å². The molecule has 0 unspecified atom stereocenters. The van der Waals surface area contributed by atoms with E-state index in [9.17, 15) is 18.3 Å². The summed E-state index contributed by atoms with van der Waals surface area (Å²) in [5.74, 6) is -1.28. The van der Waals surface area contributed by atoms with Crippen molar-refractivity contribution < 1.29 is 18.3 Å². The van der Waals surface area contributed by atoms with Crippen molar-refractivity contribution in [2.24, 2.45) is 0 Å². The number of benzene rings is 1. The monoisotopic (exact) mass is 310 g/mol. The third-order valence-corrected chi connectivity index (χ3v) is 4.16. The maximum Gasteiger partial charge on any atom is 0.326 e. The van der Waals surface area contributed by atoms with Crippen molar-refractivity contribution in [1.29, 1.82) is 0 Å². The molecule has 0 radical (unpaired) electrons. The Morgan fingerprint density at radius 3 is 2.19 bits per heavy atom. The third-order valence-electron chi connectivity index (χ3n) is 2.65. The Balaban J connectivity index is 3.04. The summed E-state index contributed by atoms with van der Waals surface area (Å²) in [5.41, 5.74) is 0.353. The maximum atomic E-state index is 12.3. The van der Waals surface area contributed by atoms with E-state index in [4.69, 9.17) is 0 Å². The fraction of sp³-hybridized carbons (Fsp3) is 0.214. The van der Waals surface area contributed by atoms with Crippen LogP contribution in [0.2, 0.25) is 0 Å². The van der Waals surface area contributed by atoms with Gasteiger partial charge in [0.15, 0.2) is 0 Å². The molecule has 0 fully saturated rings. The second kappa shape index (κ2) is 7.72. The molecule has 0 aliphatic heterocycles. The number of carboxylic acids is 1. The van der Waals surface area contributed by atoms with Crippen LogP contribution in [-0.4, -0.2) is 36.9 Å². The lowest BCUT2D eigenvalue weighted by Crippen LogP contribution is -2.44. The molecule has 0 aliphatic carbocycles. The largest absolute Gasteiger partial charge is 0.480 e. The highest BCUT2D eigenvalue weighted by Gasteiger charge is 2.29. The van der Waals surface area contributed by atoms with Crippen molar-refractivity contribution >= 4 is 16.2 Å². The molecule has 1 atom stereocenters. The van der Waals surface area contributed by atoms with Gasteiger partial charge in [0.2, 0.25) is 0 Å². The molecule has 2 N–H and O–H groups in total. The van der Waals surface area contributed by atoms with Crippen LogP contribution in [0.25, 0.3) is 0 Å². The Hall–Kier alpha value is -1.96. The van der Waals surface area contributed by atoms with Crippen LogP contribution >= 0.6 is 0 Å². The third kappa shape index (κ3) is 4.82. The zero-order valence-electron chi connectivity index (χ0n) is 11.5. The van der Waals surface area contributed by atoms with Crippen molar-refractivity contribution in [3.63, 3.8) is 0 Å². The summed E-state index contributed by atoms with van der Waals surface area (Å²) in [6.45, 7) is 7.08. The lowest BCUT2D eigenvalue weighted by molar-refractivity contribution is -0.139. The molecule has 0 aromatic heterocycles. The molecule has 0 bridgehead atoms. The van der Waals surface area contributed by atoms with E-state index in [1.54, 1.807) is 30.3 Å². The zero-order chi connectivity index (χ0) is 15.9. The summed E-state index contributed by atoms with van der Waals surface area (Å²) in [4.78, 5) is 11.3. The van der Waals surface area contributed by atoms with Gasteiger partial charge in [0.25, 0.3) is 10.2 Å². The van der Waals surface area contributed by atoms with Gasteiger partial charge in [-0.05, 0) is 5.56 Å². The Kier molecular flexibility index (Phi) is 6.29. The number of carboxylic acid groups (broad SMARTS) is 1. The van der Waals surface area contributed by atoms with Crippen LogP contribution in [0.3, 0.4) is 0 Å². The van der Waals surface area contributed by atoms with Gasteiger partial charge in [-0.1, -0.05) is 42.5 Å². The van der Waals surface area contributed by atoms with Gasteiger partial charge >= 0.3 is 5.97 Å². The van der Waals surface area contributed by atoms with E-state index in [1.165, 1.54) is 12.2 Å². The van der Waals surface area contributed by atoms with Crippen LogP contribution in [0, 0.1) is 0 Å². The first-order valence-electron chi connectivity index (χ1n) is 6.19. The minimum atomic E-state index is -3.98. The number of hydrogen-bond donors (Lipinski definition) is 2. The van der Waals surface area contributed by atoms with E-state index in [2.05, 4.69) is 17.9 Å². The molecule has 114 valence electrons. The Morgan fingerprint density at radius 1 is 1.24 bits per heavy atom. The molecule has 0 heterocycles. The highest BCUT2D eigenvalue weighted by atomic mass is 32.2. The van der Waals surface area contributed by atoms with E-state index in [-0.39, 0.29) is 13.1 Å². The highest BCUT2D eigenvalue weighted by molar-refractivity contribution is 7.87. The molecule has 21 heavy (non-hydrogen) atoms. The SMILES string of the molecule is C=CCN(CC=C)S(=O)(=O)N[C@H](C(=O)O)c1ccccc1. The molecule has 1 aromatic rings. The van der Waals surface area contributed by atoms with Crippen LogP contribution in [0.4, 0.5) is 0 Å². The molecule has 0 spiro atoms. The van der Waals surface area contributed by atoms with Crippen molar-refractivity contribution in [3.05, 3.63) is 61.2 Å². The summed E-state index contributed by atoms with van der Waals surface area (Å²) >= 11 is 0. The normalized spacial score (nSPS) is 12.8. The molecule has 0 saturated heterocycles. The Morgan fingerprint density at radius 2 is 1.76 bits per heavy atom. The highest BCUT2D eigenvalue weighted by Crippen LogP contribution is 2.15. The van der Waals surface area contributed by atoms with E-state index in [0.717, 1.165) is 4.31 Å². The van der Waals surface area contributed by atoms with Crippen molar-refractivity contribution in [3.8, 4) is 0 Å². The van der Waals surface area contributed by atoms with E-state index in [0.29, 0.717) is 5.56 Å². The van der Waals surface area contributed by atoms with Gasteiger partial charge < -0.3 is 5.11 Å². The molecule has 0 amide bonds. The predicted octanol–water partition coefficient (Wildman–Crippen LogP) is 1.32. The van der Waals surface area contributed by atoms with Gasteiger partial charge in [-0.3, -0.25) is 4.79 Å². The number of aliphatic carboxylic acids is 1. The number of rotatable bonds is 9. The molecule has 1 rings (SSSR count). The molecule has 0 saturated carbocycles. The lowest BCUT2D eigenvalue weighted by atomic mass is 10.1. The number of carbonyl (C=O) groups is 1. The zero-order valence-corrected chi connectivity index (χ0v) is 12.3. The van der Waals surface area contributed by atoms with Gasteiger partial charge in [0.05, 0.1) is 0 Å². The minimum Gasteiger partial charge on any atom is -0.480 e. The maximum absolute atomic E-state index is 12.3. The quantitative estimate of drug-likeness (QED) is 0.674. The Labute approximate surface area is 124 Å². The molecule has 6 nitrogen and oxygen atoms in total. The number of nitrogens with one attached hydrogen (secondary N) is 1. The summed E-state index contributed by atoms with van der Waals surface area (Å²) in [6, 6.07) is 6.75. The summed E-state index contributed by atoms with van der Waals surface area (Å²) < 4.78 is 27.7. The van der Waals surface area contributed by atoms with Crippen molar-refractivity contribution in [1.82, 2.24) is 9.03 Å². The molecular formula is C14H18N2O4S. The first-order chi connectivity index (χ1) is 9.92. The van der Waals surface area contributed by atoms with Gasteiger partial charge in [0, 0.05) is 13.1 Å². The fourth-order valence-corrected chi connectivity index (χ4v) is 2.98. The Bertz CT molecular complexity index is 589. The van der Waals surface area contributed by atoms with Crippen LogP contribution in [0.15, 0.2) is 55.6 Å². The van der Waals surface area contributed by atoms with Crippen LogP contribution in [0.1, 0.15) is 11.6 Å². The van der Waals surface area contributed by atoms with E-state index < -0.39 is 22.2 Å². The topological polar surface area (TPSA) is 86.7 Å². The number of nitrogens with zero attached hydrogens (tertiary/aromatic N) is 1. The average molecular weight is 310 g/mol. The lowest BCUT2D eigenvalue weighted by Gasteiger charge is -2.22. The summed E-state index contributed by atoms with van der Waals surface area (Å²) in [5, 5.41) is 9.25. The molecule has 7 heteroatoms. The van der Waals surface area contributed by atoms with E-state index in [1.807, 2.05) is 0 Å². The van der Waals surface area contributed by atoms with Gasteiger partial charge in [-0.2, -0.15) is 17.4 Å². The fourth-order valence-electron chi connectivity index (χ4n) is 1.69. The predicted molar refractivity (Wildman–Crippen MR) is 80.8 cm³/mol. The first-order valence-corrected chi connectivity index (χ1v) is 7.63. The van der Waals surface area contributed by atoms with Crippen LogP contribution < -0.4 is 4.72 Å². The smallest absolute Gasteiger partial charge is 0.326 e. The average Bonchev–Trinajstić information content (AvgIpc) is 2.45. The summed E-state index contributed by atoms with van der Waals surface area (Å²) in [6.07, 6.45) is 2.84. The standard InChI is InChI=1S/C14H18N2O4S/c1-3-10-16(11-4-2)21(19,20)15-13(14(17)18)12-8-6-5-7-9-12/h3-9,13,15H,1-2,10-11H2,(H,17,18)/t13-/m0/s1. The van der Waals surface area contributed by atoms with Gasteiger partial charge in [-0.15, -0.1) is 13.2 Å². The van der Waals surface area contributed by atoms with Crippen molar-refractivity contribution in [2.75, 3.05) is 13.1 Å². The molecular weight excluding hydrogens is 292 g/mol. The second-order valence-electron chi connectivity index (χ2n) is 4.20. The minimum absolute atomic E-state index is 0.0580. The number of hydrogen-bond acceptors (Lipinski definition) is 3. The van der Waals surface area contributed by atoms with Crippen molar-refractivity contribution in [2.45, 2.75) is 6.04 Å². The summed E-state index contributed by atoms with van der Waals surface area (Å²) in [7, 11) is -3.98. The van der Waals surface area contributed by atoms with E-state index >= 15 is 0 Å².